The molecule has 0 bridgehead atoms. The minimum atomic E-state index is -4.27. The summed E-state index contributed by atoms with van der Waals surface area (Å²) in [7, 11) is -4.27. The molecule has 0 heterocycles. The van der Waals surface area contributed by atoms with Gasteiger partial charge in [0.15, 0.2) is 0 Å². The molecule has 0 radical (unpaired) electrons. The summed E-state index contributed by atoms with van der Waals surface area (Å²) < 4.78 is 35.3. The summed E-state index contributed by atoms with van der Waals surface area (Å²) in [4.78, 5) is 0.139. The van der Waals surface area contributed by atoms with Gasteiger partial charge in [0.25, 0.3) is 10.1 Å². The van der Waals surface area contributed by atoms with Crippen LogP contribution >= 0.6 is 0 Å². The van der Waals surface area contributed by atoms with Gasteiger partial charge >= 0.3 is 0 Å². The van der Waals surface area contributed by atoms with Crippen LogP contribution in [0.5, 0.6) is 0 Å². The molecule has 0 aromatic heterocycles. The predicted molar refractivity (Wildman–Crippen MR) is 193 cm³/mol. The van der Waals surface area contributed by atoms with Crippen LogP contribution in [0, 0.1) is 0 Å². The van der Waals surface area contributed by atoms with Crippen LogP contribution in [0.4, 0.5) is 0 Å². The molecule has 3 nitrogen and oxygen atoms in total. The molecular formula is C40H68O3S. The molecule has 0 fully saturated rings. The second-order valence-corrected chi connectivity index (χ2v) is 14.9. The summed E-state index contributed by atoms with van der Waals surface area (Å²) in [5.41, 5.74) is 2.02. The van der Waals surface area contributed by atoms with Crippen LogP contribution in [-0.2, 0) is 23.0 Å². The Morgan fingerprint density at radius 3 is 1.20 bits per heavy atom. The molecule has 0 saturated carbocycles. The standard InChI is InChI=1S/C40H68O3S/c1-3-5-7-9-11-13-15-17-19-21-23-25-27-33-38-37-32-30-29-31-36(37)35-40(44(41,42)43)39(38)34-28-26-24-22-20-18-16-14-12-10-8-6-4-2/h29-32,35H,3-28,33-34H2,1-2H3,(H,41,42,43). The normalized spacial score (nSPS) is 12.0. The van der Waals surface area contributed by atoms with Gasteiger partial charge in [-0.2, -0.15) is 8.42 Å². The van der Waals surface area contributed by atoms with Crippen molar-refractivity contribution in [1.82, 2.24) is 0 Å². The zero-order valence-corrected chi connectivity index (χ0v) is 29.7. The second-order valence-electron chi connectivity index (χ2n) is 13.5. The molecule has 0 unspecified atom stereocenters. The van der Waals surface area contributed by atoms with Gasteiger partial charge in [-0.05, 0) is 53.6 Å². The molecule has 0 saturated heterocycles. The zero-order chi connectivity index (χ0) is 31.7. The summed E-state index contributed by atoms with van der Waals surface area (Å²) in [5.74, 6) is 0. The Hall–Kier alpha value is -1.39. The van der Waals surface area contributed by atoms with E-state index < -0.39 is 10.1 Å². The van der Waals surface area contributed by atoms with Crippen LogP contribution in [0.25, 0.3) is 10.8 Å². The first-order valence-corrected chi connectivity index (χ1v) is 20.4. The summed E-state index contributed by atoms with van der Waals surface area (Å²) in [6.07, 6.45) is 35.6. The summed E-state index contributed by atoms with van der Waals surface area (Å²) in [5, 5.41) is 2.07. The van der Waals surface area contributed by atoms with E-state index in [1.54, 1.807) is 6.07 Å². The molecule has 1 N–H and O–H groups in total. The highest BCUT2D eigenvalue weighted by atomic mass is 32.2. The predicted octanol–water partition coefficient (Wildman–Crippen LogP) is 13.4. The van der Waals surface area contributed by atoms with E-state index in [2.05, 4.69) is 26.0 Å². The quantitative estimate of drug-likeness (QED) is 0.0720. The fraction of sp³-hybridized carbons (Fsp3) is 0.750. The fourth-order valence-electron chi connectivity index (χ4n) is 6.87. The average molecular weight is 629 g/mol. The van der Waals surface area contributed by atoms with Crippen LogP contribution < -0.4 is 0 Å². The van der Waals surface area contributed by atoms with Crippen molar-refractivity contribution in [2.24, 2.45) is 0 Å². The third kappa shape index (κ3) is 16.8. The molecule has 252 valence electrons. The summed E-state index contributed by atoms with van der Waals surface area (Å²) in [6.45, 7) is 4.55. The summed E-state index contributed by atoms with van der Waals surface area (Å²) >= 11 is 0. The van der Waals surface area contributed by atoms with E-state index in [9.17, 15) is 13.0 Å². The Morgan fingerprint density at radius 2 is 0.818 bits per heavy atom. The molecule has 2 aromatic rings. The summed E-state index contributed by atoms with van der Waals surface area (Å²) in [6, 6.07) is 9.82. The number of aryl methyl sites for hydroxylation is 1. The van der Waals surface area contributed by atoms with E-state index in [4.69, 9.17) is 0 Å². The first kappa shape index (κ1) is 38.8. The smallest absolute Gasteiger partial charge is 0.282 e. The lowest BCUT2D eigenvalue weighted by Gasteiger charge is -2.17. The molecular weight excluding hydrogens is 561 g/mol. The average Bonchev–Trinajstić information content (AvgIpc) is 3.01. The fourth-order valence-corrected chi connectivity index (χ4v) is 7.68. The van der Waals surface area contributed by atoms with Gasteiger partial charge in [-0.1, -0.05) is 192 Å². The van der Waals surface area contributed by atoms with Gasteiger partial charge in [0.1, 0.15) is 0 Å². The van der Waals surface area contributed by atoms with Crippen molar-refractivity contribution < 1.29 is 13.0 Å². The van der Waals surface area contributed by atoms with Gasteiger partial charge in [0.2, 0.25) is 0 Å². The zero-order valence-electron chi connectivity index (χ0n) is 28.9. The molecule has 0 spiro atoms. The number of hydrogen-bond acceptors (Lipinski definition) is 2. The first-order valence-electron chi connectivity index (χ1n) is 19.0. The van der Waals surface area contributed by atoms with Gasteiger partial charge in [0, 0.05) is 0 Å². The minimum absolute atomic E-state index is 0.139. The lowest BCUT2D eigenvalue weighted by Crippen LogP contribution is -2.08. The molecule has 0 amide bonds. The van der Waals surface area contributed by atoms with E-state index in [0.29, 0.717) is 0 Å². The van der Waals surface area contributed by atoms with Crippen LogP contribution in [0.3, 0.4) is 0 Å². The third-order valence-corrected chi connectivity index (χ3v) is 10.5. The largest absolute Gasteiger partial charge is 0.294 e. The van der Waals surface area contributed by atoms with Crippen molar-refractivity contribution >= 4 is 20.9 Å². The van der Waals surface area contributed by atoms with Gasteiger partial charge in [-0.25, -0.2) is 0 Å². The molecule has 2 rings (SSSR count). The van der Waals surface area contributed by atoms with Crippen molar-refractivity contribution in [3.8, 4) is 0 Å². The van der Waals surface area contributed by atoms with Gasteiger partial charge in [-0.15, -0.1) is 0 Å². The Morgan fingerprint density at radius 1 is 0.477 bits per heavy atom. The Labute approximate surface area is 273 Å². The van der Waals surface area contributed by atoms with Crippen LogP contribution in [0.2, 0.25) is 0 Å². The van der Waals surface area contributed by atoms with E-state index >= 15 is 0 Å². The molecule has 0 atom stereocenters. The monoisotopic (exact) mass is 628 g/mol. The van der Waals surface area contributed by atoms with E-state index in [-0.39, 0.29) is 4.90 Å². The molecule has 0 aliphatic rings. The SMILES string of the molecule is CCCCCCCCCCCCCCCc1c(S(=O)(=O)O)cc2ccccc2c1CCCCCCCCCCCCCCC. The van der Waals surface area contributed by atoms with E-state index in [0.717, 1.165) is 54.0 Å². The number of rotatable bonds is 29. The Bertz CT molecular complexity index is 1090. The Kier molecular flexibility index (Phi) is 21.9. The number of fused-ring (bicyclic) bond motifs is 1. The lowest BCUT2D eigenvalue weighted by molar-refractivity contribution is 0.481. The van der Waals surface area contributed by atoms with Crippen molar-refractivity contribution in [3.05, 3.63) is 41.5 Å². The van der Waals surface area contributed by atoms with Crippen molar-refractivity contribution in [2.75, 3.05) is 0 Å². The van der Waals surface area contributed by atoms with E-state index in [1.807, 2.05) is 12.1 Å². The second kappa shape index (κ2) is 24.8. The van der Waals surface area contributed by atoms with Gasteiger partial charge < -0.3 is 0 Å². The maximum atomic E-state index is 12.5. The van der Waals surface area contributed by atoms with Crippen molar-refractivity contribution in [3.63, 3.8) is 0 Å². The highest BCUT2D eigenvalue weighted by Gasteiger charge is 2.21. The third-order valence-electron chi connectivity index (χ3n) is 9.57. The van der Waals surface area contributed by atoms with E-state index in [1.165, 1.54) is 148 Å². The number of hydrogen-bond donors (Lipinski definition) is 1. The highest BCUT2D eigenvalue weighted by Crippen LogP contribution is 2.32. The molecule has 0 aliphatic heterocycles. The van der Waals surface area contributed by atoms with Crippen molar-refractivity contribution in [2.45, 2.75) is 199 Å². The number of benzene rings is 2. The highest BCUT2D eigenvalue weighted by molar-refractivity contribution is 7.85. The van der Waals surface area contributed by atoms with Crippen molar-refractivity contribution in [1.29, 1.82) is 0 Å². The van der Waals surface area contributed by atoms with Crippen LogP contribution in [0.1, 0.15) is 192 Å². The Balaban J connectivity index is 1.79. The minimum Gasteiger partial charge on any atom is -0.282 e. The molecule has 4 heteroatoms. The molecule has 2 aromatic carbocycles. The van der Waals surface area contributed by atoms with Gasteiger partial charge in [-0.3, -0.25) is 4.55 Å². The topological polar surface area (TPSA) is 54.4 Å². The molecule has 0 aliphatic carbocycles. The van der Waals surface area contributed by atoms with Crippen LogP contribution in [-0.4, -0.2) is 13.0 Å². The molecule has 44 heavy (non-hydrogen) atoms. The number of unbranched alkanes of at least 4 members (excludes halogenated alkanes) is 24. The maximum absolute atomic E-state index is 12.5. The van der Waals surface area contributed by atoms with Crippen LogP contribution in [0.15, 0.2) is 35.2 Å². The van der Waals surface area contributed by atoms with Gasteiger partial charge in [0.05, 0.1) is 4.90 Å². The lowest BCUT2D eigenvalue weighted by atomic mass is 9.91. The first-order chi connectivity index (χ1) is 21.5. The maximum Gasteiger partial charge on any atom is 0.294 e.